The first-order valence-electron chi connectivity index (χ1n) is 7.85. The Morgan fingerprint density at radius 3 is 1.39 bits per heavy atom. The molecule has 11 nitrogen and oxygen atoms in total. The van der Waals surface area contributed by atoms with E-state index in [0.717, 1.165) is 11.4 Å². The molecule has 11 heteroatoms. The van der Waals surface area contributed by atoms with Crippen LogP contribution in [0.15, 0.2) is 20.6 Å². The molecular formula is C17H39N5O6. The Morgan fingerprint density at radius 2 is 1.25 bits per heavy atom. The number of primary amides is 1. The van der Waals surface area contributed by atoms with Crippen LogP contribution >= 0.6 is 0 Å². The van der Waals surface area contributed by atoms with E-state index in [1.165, 1.54) is 7.11 Å². The molecule has 0 saturated heterocycles. The zero-order chi connectivity index (χ0) is 22.3. The Kier molecular flexibility index (Phi) is 37.7. The Hall–Kier alpha value is -2.69. The number of nitrogens with two attached hydrogens (primary N) is 1. The van der Waals surface area contributed by atoms with E-state index >= 15 is 0 Å². The molecule has 0 aliphatic rings. The number of carbonyl (C=O) groups is 1. The second-order valence-electron chi connectivity index (χ2n) is 5.31. The van der Waals surface area contributed by atoms with E-state index in [-0.39, 0.29) is 20.6 Å². The molecule has 0 aromatic heterocycles. The molecule has 0 aromatic carbocycles. The highest BCUT2D eigenvalue weighted by Crippen LogP contribution is 1.77. The van der Waals surface area contributed by atoms with Gasteiger partial charge < -0.3 is 25.7 Å². The number of rotatable bonds is 5. The third kappa shape index (κ3) is 76.6. The van der Waals surface area contributed by atoms with E-state index in [1.807, 2.05) is 27.7 Å². The van der Waals surface area contributed by atoms with Gasteiger partial charge >= 0.3 is 6.09 Å². The molecule has 0 atom stereocenters. The highest BCUT2D eigenvalue weighted by atomic mass is 16.7. The maximum absolute atomic E-state index is 9.80. The normalized spacial score (nSPS) is 7.36. The van der Waals surface area contributed by atoms with Crippen LogP contribution in [0, 0.1) is 0 Å². The number of hydrogen-bond donors (Lipinski definition) is 3. The summed E-state index contributed by atoms with van der Waals surface area (Å²) < 4.78 is 0. The van der Waals surface area contributed by atoms with Crippen LogP contribution in [0.1, 0.15) is 62.8 Å². The van der Waals surface area contributed by atoms with Crippen molar-refractivity contribution in [1.29, 1.82) is 0 Å². The van der Waals surface area contributed by atoms with Gasteiger partial charge in [-0.1, -0.05) is 28.0 Å². The lowest BCUT2D eigenvalue weighted by atomic mass is 10.5. The van der Waals surface area contributed by atoms with Crippen molar-refractivity contribution in [2.24, 2.45) is 26.4 Å². The van der Waals surface area contributed by atoms with Gasteiger partial charge in [0, 0.05) is 0 Å². The fourth-order valence-corrected chi connectivity index (χ4v) is 0.534. The predicted molar refractivity (Wildman–Crippen MR) is 114 cm³/mol. The first-order chi connectivity index (χ1) is 12.4. The smallest absolute Gasteiger partial charge is 0.411 e. The van der Waals surface area contributed by atoms with Crippen molar-refractivity contribution in [3.63, 3.8) is 0 Å². The third-order valence-electron chi connectivity index (χ3n) is 1.22. The first kappa shape index (κ1) is 36.3. The molecule has 0 radical (unpaired) electrons. The van der Waals surface area contributed by atoms with E-state index in [0.29, 0.717) is 11.4 Å². The zero-order valence-corrected chi connectivity index (χ0v) is 17.8. The van der Waals surface area contributed by atoms with Crippen molar-refractivity contribution >= 4 is 28.9 Å². The second kappa shape index (κ2) is 29.1. The van der Waals surface area contributed by atoms with E-state index in [1.54, 1.807) is 27.7 Å². The van der Waals surface area contributed by atoms with E-state index in [9.17, 15) is 4.79 Å². The minimum atomic E-state index is -0.883. The number of nitrogens with zero attached hydrogens (tertiary/aromatic N) is 4. The fraction of sp³-hybridized carbons (Fsp3) is 0.706. The van der Waals surface area contributed by atoms with Gasteiger partial charge in [-0.05, 0) is 55.4 Å². The summed E-state index contributed by atoms with van der Waals surface area (Å²) in [6.07, 6.45) is -0.883. The molecule has 28 heavy (non-hydrogen) atoms. The summed E-state index contributed by atoms with van der Waals surface area (Å²) in [6, 6.07) is 0. The minimum absolute atomic E-state index is 0. The van der Waals surface area contributed by atoms with Gasteiger partial charge in [-0.3, -0.25) is 4.84 Å². The molecule has 0 aliphatic heterocycles. The quantitative estimate of drug-likeness (QED) is 0.207. The van der Waals surface area contributed by atoms with Gasteiger partial charge in [-0.2, -0.15) is 0 Å². The van der Waals surface area contributed by atoms with Crippen molar-refractivity contribution < 1.29 is 29.6 Å². The van der Waals surface area contributed by atoms with Crippen molar-refractivity contribution in [3.05, 3.63) is 0 Å². The molecule has 0 spiro atoms. The van der Waals surface area contributed by atoms with E-state index in [2.05, 4.69) is 40.9 Å². The lowest BCUT2D eigenvalue weighted by Crippen LogP contribution is -2.09. The van der Waals surface area contributed by atoms with Crippen molar-refractivity contribution in [3.8, 4) is 0 Å². The highest BCUT2D eigenvalue weighted by Gasteiger charge is 1.86. The number of aliphatic hydroxyl groups is 1. The van der Waals surface area contributed by atoms with Crippen LogP contribution in [0.4, 0.5) is 4.79 Å². The third-order valence-corrected chi connectivity index (χ3v) is 1.22. The monoisotopic (exact) mass is 409 g/mol. The second-order valence-corrected chi connectivity index (χ2v) is 5.31. The summed E-state index contributed by atoms with van der Waals surface area (Å²) in [5.41, 5.74) is 7.72. The first-order valence-corrected chi connectivity index (χ1v) is 7.85. The average molecular weight is 410 g/mol. The number of aliphatic hydroxyl groups excluding tert-OH is 1. The summed E-state index contributed by atoms with van der Waals surface area (Å²) >= 11 is 0. The van der Waals surface area contributed by atoms with Gasteiger partial charge in [-0.15, -0.1) is 0 Å². The van der Waals surface area contributed by atoms with Crippen LogP contribution in [0.3, 0.4) is 0 Å². The van der Waals surface area contributed by atoms with Crippen LogP contribution < -0.4 is 5.73 Å². The van der Waals surface area contributed by atoms with Gasteiger partial charge in [0.1, 0.15) is 13.7 Å². The molecule has 1 amide bonds. The molecule has 0 fully saturated rings. The van der Waals surface area contributed by atoms with Gasteiger partial charge in [-0.25, -0.2) is 4.79 Å². The standard InChI is InChI=1S/C5H11NO2.C4H8N2O2.C4H9NO.C3H7NO.CH4/c1-5(2)6-8-4-3-7;1-3(2)6-8-4(5)7;1-4(2)5-6-3;1-3(2)4-5;/h7H,3-4H2,1-2H3;1-2H3,(H2,5,7);1-3H3;5H,1-2H3;1H4. The zero-order valence-electron chi connectivity index (χ0n) is 17.8. The predicted octanol–water partition coefficient (Wildman–Crippen LogP) is 3.39. The summed E-state index contributed by atoms with van der Waals surface area (Å²) in [4.78, 5) is 22.8. The maximum atomic E-state index is 9.80. The molecular weight excluding hydrogens is 370 g/mol. The van der Waals surface area contributed by atoms with Crippen LogP contribution in [-0.2, 0) is 14.5 Å². The van der Waals surface area contributed by atoms with Crippen LogP contribution in [-0.4, -0.2) is 59.6 Å². The summed E-state index contributed by atoms with van der Waals surface area (Å²) in [5.74, 6) is 0. The van der Waals surface area contributed by atoms with Gasteiger partial charge in [0.15, 0.2) is 0 Å². The van der Waals surface area contributed by atoms with Gasteiger partial charge in [0.25, 0.3) is 0 Å². The van der Waals surface area contributed by atoms with Gasteiger partial charge in [0.2, 0.25) is 0 Å². The molecule has 168 valence electrons. The highest BCUT2D eigenvalue weighted by molar-refractivity contribution is 5.79. The fourth-order valence-electron chi connectivity index (χ4n) is 0.534. The molecule has 4 N–H and O–H groups in total. The lowest BCUT2D eigenvalue weighted by Gasteiger charge is -1.92. The maximum Gasteiger partial charge on any atom is 0.430 e. The minimum Gasteiger partial charge on any atom is -0.411 e. The molecule has 0 saturated carbocycles. The number of amides is 1. The molecule has 0 rings (SSSR count). The summed E-state index contributed by atoms with van der Waals surface area (Å²) in [7, 11) is 1.53. The van der Waals surface area contributed by atoms with Gasteiger partial charge in [0.05, 0.1) is 29.5 Å². The Bertz CT molecular complexity index is 461. The Morgan fingerprint density at radius 1 is 0.857 bits per heavy atom. The number of carbonyl (C=O) groups excluding carboxylic acids is 1. The van der Waals surface area contributed by atoms with Crippen LogP contribution in [0.25, 0.3) is 0 Å². The molecule has 0 aromatic rings. The van der Waals surface area contributed by atoms with E-state index in [4.69, 9.17) is 10.3 Å². The number of oxime groups is 4. The molecule has 0 unspecified atom stereocenters. The topological polar surface area (TPSA) is 161 Å². The Labute approximate surface area is 168 Å². The molecule has 0 bridgehead atoms. The largest absolute Gasteiger partial charge is 0.430 e. The van der Waals surface area contributed by atoms with E-state index < -0.39 is 6.09 Å². The summed E-state index contributed by atoms with van der Waals surface area (Å²) in [5, 5.41) is 29.1. The molecule has 0 aliphatic carbocycles. The van der Waals surface area contributed by atoms with Crippen molar-refractivity contribution in [2.45, 2.75) is 62.8 Å². The van der Waals surface area contributed by atoms with Crippen molar-refractivity contribution in [2.75, 3.05) is 20.3 Å². The summed E-state index contributed by atoms with van der Waals surface area (Å²) in [6.45, 7) is 14.6. The SMILES string of the molecule is C.CC(C)=NO.CC(C)=NOC(N)=O.CC(C)=NOCCO.CON=C(C)C. The van der Waals surface area contributed by atoms with Crippen LogP contribution in [0.5, 0.6) is 0 Å². The lowest BCUT2D eigenvalue weighted by molar-refractivity contribution is 0.0984. The number of hydrogen-bond acceptors (Lipinski definition) is 10. The molecule has 0 heterocycles. The van der Waals surface area contributed by atoms with Crippen molar-refractivity contribution in [1.82, 2.24) is 0 Å². The Balaban J connectivity index is -0.0000000844. The van der Waals surface area contributed by atoms with Crippen LogP contribution in [0.2, 0.25) is 0 Å². The average Bonchev–Trinajstić information content (AvgIpc) is 2.54.